The molecular weight excluding hydrogens is 296 g/mol. The standard InChI is InChI=1S/C11H16N6O3S/c1-21(19,20)15-6-5-14-11-16-8-4-2-3-7(10(12)13)9(8)17(11)18/h2-4,15,18H,5-6H2,1H3,(H3,12,13)(H,14,16). The molecule has 0 fully saturated rings. The molecule has 0 spiro atoms. The van der Waals surface area contributed by atoms with Gasteiger partial charge in [0.1, 0.15) is 11.4 Å². The highest BCUT2D eigenvalue weighted by Crippen LogP contribution is 2.21. The van der Waals surface area contributed by atoms with Crippen LogP contribution in [0.25, 0.3) is 11.0 Å². The molecule has 2 rings (SSSR count). The zero-order valence-corrected chi connectivity index (χ0v) is 12.1. The molecule has 9 nitrogen and oxygen atoms in total. The summed E-state index contributed by atoms with van der Waals surface area (Å²) in [4.78, 5) is 4.16. The van der Waals surface area contributed by atoms with Crippen molar-refractivity contribution in [3.8, 4) is 0 Å². The van der Waals surface area contributed by atoms with Crippen molar-refractivity contribution in [3.05, 3.63) is 23.8 Å². The molecule has 0 radical (unpaired) electrons. The highest BCUT2D eigenvalue weighted by atomic mass is 32.2. The number of para-hydroxylation sites is 1. The molecule has 0 amide bonds. The molecule has 0 bridgehead atoms. The molecule has 1 aromatic carbocycles. The molecule has 0 aliphatic carbocycles. The lowest BCUT2D eigenvalue weighted by Crippen LogP contribution is -2.28. The van der Waals surface area contributed by atoms with Crippen molar-refractivity contribution in [3.63, 3.8) is 0 Å². The van der Waals surface area contributed by atoms with Crippen LogP contribution in [0, 0.1) is 5.41 Å². The highest BCUT2D eigenvalue weighted by Gasteiger charge is 2.14. The number of sulfonamides is 1. The van der Waals surface area contributed by atoms with Crippen molar-refractivity contribution in [2.45, 2.75) is 0 Å². The van der Waals surface area contributed by atoms with Gasteiger partial charge in [0, 0.05) is 18.7 Å². The Labute approximate surface area is 121 Å². The summed E-state index contributed by atoms with van der Waals surface area (Å²) in [5.41, 5.74) is 6.63. The number of nitrogens with zero attached hydrogens (tertiary/aromatic N) is 2. The molecule has 0 unspecified atom stereocenters. The number of nitrogen functional groups attached to an aromatic ring is 1. The van der Waals surface area contributed by atoms with Crippen LogP contribution in [0.15, 0.2) is 18.2 Å². The molecule has 0 aliphatic heterocycles. The number of nitrogens with one attached hydrogen (secondary N) is 3. The van der Waals surface area contributed by atoms with Gasteiger partial charge in [0.25, 0.3) is 0 Å². The lowest BCUT2D eigenvalue weighted by Gasteiger charge is -2.06. The predicted molar refractivity (Wildman–Crippen MR) is 79.3 cm³/mol. The third-order valence-electron chi connectivity index (χ3n) is 2.72. The fourth-order valence-corrected chi connectivity index (χ4v) is 2.33. The summed E-state index contributed by atoms with van der Waals surface area (Å²) in [6.07, 6.45) is 1.06. The highest BCUT2D eigenvalue weighted by molar-refractivity contribution is 7.88. The van der Waals surface area contributed by atoms with Crippen LogP contribution in [-0.4, -0.2) is 48.5 Å². The van der Waals surface area contributed by atoms with Gasteiger partial charge < -0.3 is 16.3 Å². The van der Waals surface area contributed by atoms with E-state index in [9.17, 15) is 13.6 Å². The van der Waals surface area contributed by atoms with Crippen molar-refractivity contribution in [2.24, 2.45) is 5.73 Å². The normalized spacial score (nSPS) is 11.7. The Kier molecular flexibility index (Phi) is 4.00. The van der Waals surface area contributed by atoms with Gasteiger partial charge in [-0.25, -0.2) is 18.1 Å². The molecule has 1 heterocycles. The van der Waals surface area contributed by atoms with Crippen LogP contribution < -0.4 is 15.8 Å². The van der Waals surface area contributed by atoms with Gasteiger partial charge in [-0.2, -0.15) is 0 Å². The second kappa shape index (κ2) is 5.58. The summed E-state index contributed by atoms with van der Waals surface area (Å²) < 4.78 is 25.0. The first-order chi connectivity index (χ1) is 9.79. The number of amidine groups is 1. The van der Waals surface area contributed by atoms with Crippen LogP contribution in [0.1, 0.15) is 5.56 Å². The Hall–Kier alpha value is -2.33. The number of nitrogens with two attached hydrogens (primary N) is 1. The number of hydrogen-bond donors (Lipinski definition) is 5. The third kappa shape index (κ3) is 3.41. The van der Waals surface area contributed by atoms with Crippen LogP contribution in [0.3, 0.4) is 0 Å². The van der Waals surface area contributed by atoms with E-state index >= 15 is 0 Å². The Balaban J connectivity index is 2.20. The van der Waals surface area contributed by atoms with Gasteiger partial charge in [0.15, 0.2) is 0 Å². The predicted octanol–water partition coefficient (Wildman–Crippen LogP) is -0.481. The first-order valence-corrected chi connectivity index (χ1v) is 7.92. The monoisotopic (exact) mass is 312 g/mol. The maximum absolute atomic E-state index is 10.9. The Morgan fingerprint density at radius 1 is 1.48 bits per heavy atom. The first-order valence-electron chi connectivity index (χ1n) is 6.03. The van der Waals surface area contributed by atoms with E-state index in [4.69, 9.17) is 11.1 Å². The second-order valence-corrected chi connectivity index (χ2v) is 6.26. The minimum absolute atomic E-state index is 0.147. The molecular formula is C11H16N6O3S. The zero-order valence-electron chi connectivity index (χ0n) is 11.3. The van der Waals surface area contributed by atoms with Gasteiger partial charge in [-0.3, -0.25) is 5.41 Å². The zero-order chi connectivity index (χ0) is 15.6. The summed E-state index contributed by atoms with van der Waals surface area (Å²) in [5, 5.41) is 20.4. The minimum atomic E-state index is -3.26. The number of imidazole rings is 1. The van der Waals surface area contributed by atoms with Gasteiger partial charge in [-0.15, -0.1) is 4.73 Å². The van der Waals surface area contributed by atoms with E-state index < -0.39 is 10.0 Å². The lowest BCUT2D eigenvalue weighted by atomic mass is 10.2. The van der Waals surface area contributed by atoms with E-state index in [1.54, 1.807) is 18.2 Å². The fraction of sp³-hybridized carbons (Fsp3) is 0.273. The van der Waals surface area contributed by atoms with Crippen molar-refractivity contribution in [2.75, 3.05) is 24.7 Å². The molecule has 0 saturated carbocycles. The van der Waals surface area contributed by atoms with E-state index in [0.717, 1.165) is 11.0 Å². The number of benzene rings is 1. The Bertz CT molecular complexity index is 783. The van der Waals surface area contributed by atoms with E-state index in [0.29, 0.717) is 16.6 Å². The number of anilines is 1. The SMILES string of the molecule is CS(=O)(=O)NCCNc1nc2cccc(C(=N)N)c2n1O. The Morgan fingerprint density at radius 3 is 2.81 bits per heavy atom. The van der Waals surface area contributed by atoms with E-state index in [2.05, 4.69) is 15.0 Å². The van der Waals surface area contributed by atoms with Crippen molar-refractivity contribution in [1.29, 1.82) is 5.41 Å². The Morgan fingerprint density at radius 2 is 2.19 bits per heavy atom. The van der Waals surface area contributed by atoms with E-state index in [1.165, 1.54) is 0 Å². The average Bonchev–Trinajstić information content (AvgIpc) is 2.70. The smallest absolute Gasteiger partial charge is 0.237 e. The van der Waals surface area contributed by atoms with Gasteiger partial charge in [-0.05, 0) is 12.1 Å². The topological polar surface area (TPSA) is 146 Å². The summed E-state index contributed by atoms with van der Waals surface area (Å²) >= 11 is 0. The summed E-state index contributed by atoms with van der Waals surface area (Å²) in [7, 11) is -3.26. The van der Waals surface area contributed by atoms with Crippen LogP contribution in [-0.2, 0) is 10.0 Å². The largest absolute Gasteiger partial charge is 0.425 e. The van der Waals surface area contributed by atoms with Gasteiger partial charge in [-0.1, -0.05) is 6.07 Å². The van der Waals surface area contributed by atoms with Crippen molar-refractivity contribution >= 4 is 32.8 Å². The second-order valence-electron chi connectivity index (χ2n) is 4.43. The first kappa shape index (κ1) is 15.1. The molecule has 10 heteroatoms. The summed E-state index contributed by atoms with van der Waals surface area (Å²) in [6.45, 7) is 0.397. The molecule has 0 saturated heterocycles. The molecule has 114 valence electrons. The maximum Gasteiger partial charge on any atom is 0.237 e. The van der Waals surface area contributed by atoms with Crippen LogP contribution in [0.5, 0.6) is 0 Å². The number of aromatic nitrogens is 2. The summed E-state index contributed by atoms with van der Waals surface area (Å²) in [6, 6.07) is 4.96. The minimum Gasteiger partial charge on any atom is -0.425 e. The van der Waals surface area contributed by atoms with Crippen LogP contribution in [0.4, 0.5) is 5.95 Å². The van der Waals surface area contributed by atoms with Crippen LogP contribution >= 0.6 is 0 Å². The van der Waals surface area contributed by atoms with Crippen LogP contribution in [0.2, 0.25) is 0 Å². The molecule has 1 aromatic heterocycles. The third-order valence-corrected chi connectivity index (χ3v) is 3.44. The average molecular weight is 312 g/mol. The number of hydrogen-bond acceptors (Lipinski definition) is 6. The van der Waals surface area contributed by atoms with E-state index in [-0.39, 0.29) is 24.9 Å². The molecule has 0 atom stereocenters. The molecule has 6 N–H and O–H groups in total. The summed E-state index contributed by atoms with van der Waals surface area (Å²) in [5.74, 6) is -0.0323. The van der Waals surface area contributed by atoms with Gasteiger partial charge in [0.05, 0.1) is 11.8 Å². The quantitative estimate of drug-likeness (QED) is 0.211. The van der Waals surface area contributed by atoms with Crippen molar-refractivity contribution in [1.82, 2.24) is 14.4 Å². The lowest BCUT2D eigenvalue weighted by molar-refractivity contribution is 0.203. The van der Waals surface area contributed by atoms with Gasteiger partial charge in [0.2, 0.25) is 16.0 Å². The fourth-order valence-electron chi connectivity index (χ4n) is 1.85. The van der Waals surface area contributed by atoms with E-state index in [1.807, 2.05) is 0 Å². The molecule has 0 aliphatic rings. The van der Waals surface area contributed by atoms with Gasteiger partial charge >= 0.3 is 0 Å². The number of fused-ring (bicyclic) bond motifs is 1. The molecule has 2 aromatic rings. The molecule has 21 heavy (non-hydrogen) atoms. The number of rotatable bonds is 6. The van der Waals surface area contributed by atoms with Crippen molar-refractivity contribution < 1.29 is 13.6 Å². The maximum atomic E-state index is 10.9.